The molecule has 3 aromatic rings. The van der Waals surface area contributed by atoms with Gasteiger partial charge >= 0.3 is 0 Å². The summed E-state index contributed by atoms with van der Waals surface area (Å²) in [5, 5.41) is 1.19. The number of aryl methyl sites for hydroxylation is 3. The molecule has 2 heterocycles. The zero-order valence-electron chi connectivity index (χ0n) is 10.7. The van der Waals surface area contributed by atoms with Crippen LogP contribution in [0.25, 0.3) is 10.9 Å². The van der Waals surface area contributed by atoms with Crippen molar-refractivity contribution < 1.29 is 0 Å². The smallest absolute Gasteiger partial charge is 0.124 e. The third-order valence-electron chi connectivity index (χ3n) is 3.20. The van der Waals surface area contributed by atoms with Crippen molar-refractivity contribution in [2.45, 2.75) is 12.8 Å². The highest BCUT2D eigenvalue weighted by Gasteiger charge is 2.05. The number of imidazole rings is 1. The number of nitrogens with zero attached hydrogens (tertiary/aromatic N) is 3. The summed E-state index contributed by atoms with van der Waals surface area (Å²) < 4.78 is 2.93. The Labute approximate surface area is 120 Å². The molecule has 96 valence electrons. The molecule has 0 fully saturated rings. The first kappa shape index (κ1) is 12.4. The molecule has 0 atom stereocenters. The lowest BCUT2D eigenvalue weighted by atomic mass is 10.1. The molecule has 0 spiro atoms. The maximum Gasteiger partial charge on any atom is 0.124 e. The second kappa shape index (κ2) is 5.13. The molecular weight excluding hydrogens is 302 g/mol. The number of hydrogen-bond donors (Lipinski definition) is 0. The zero-order valence-corrected chi connectivity index (χ0v) is 12.3. The minimum atomic E-state index is 0.886. The highest BCUT2D eigenvalue weighted by Crippen LogP contribution is 2.14. The van der Waals surface area contributed by atoms with E-state index in [1.165, 1.54) is 5.39 Å². The Hall–Kier alpha value is -1.68. The first-order valence-corrected chi connectivity index (χ1v) is 7.04. The summed E-state index contributed by atoms with van der Waals surface area (Å²) in [6, 6.07) is 12.4. The molecule has 3 nitrogen and oxygen atoms in total. The van der Waals surface area contributed by atoms with E-state index in [0.717, 1.165) is 34.5 Å². The van der Waals surface area contributed by atoms with Crippen molar-refractivity contribution in [2.24, 2.45) is 7.05 Å². The molecule has 1 aromatic carbocycles. The van der Waals surface area contributed by atoms with Crippen LogP contribution in [0.5, 0.6) is 0 Å². The fourth-order valence-corrected chi connectivity index (χ4v) is 2.70. The van der Waals surface area contributed by atoms with Gasteiger partial charge in [-0.15, -0.1) is 0 Å². The third kappa shape index (κ3) is 2.68. The highest BCUT2D eigenvalue weighted by molar-refractivity contribution is 9.10. The standard InChI is InChI=1S/C15H14BrN3/c1-19-10-14(16)18-15(19)9-8-12-7-6-11-4-2-3-5-13(11)17-12/h2-7,10H,8-9H2,1H3. The summed E-state index contributed by atoms with van der Waals surface area (Å²) in [6.45, 7) is 0. The number of benzene rings is 1. The maximum atomic E-state index is 4.68. The minimum Gasteiger partial charge on any atom is -0.337 e. The summed E-state index contributed by atoms with van der Waals surface area (Å²) in [5.41, 5.74) is 2.17. The van der Waals surface area contributed by atoms with Crippen LogP contribution in [-0.2, 0) is 19.9 Å². The van der Waals surface area contributed by atoms with E-state index in [4.69, 9.17) is 0 Å². The average molecular weight is 316 g/mol. The molecule has 0 amide bonds. The molecule has 0 saturated heterocycles. The van der Waals surface area contributed by atoms with Crippen LogP contribution in [0.3, 0.4) is 0 Å². The van der Waals surface area contributed by atoms with Crippen LogP contribution in [0.15, 0.2) is 47.2 Å². The molecular formula is C15H14BrN3. The second-order valence-electron chi connectivity index (χ2n) is 4.59. The van der Waals surface area contributed by atoms with Gasteiger partial charge in [-0.25, -0.2) is 4.98 Å². The lowest BCUT2D eigenvalue weighted by molar-refractivity contribution is 0.763. The largest absolute Gasteiger partial charge is 0.337 e. The summed E-state index contributed by atoms with van der Waals surface area (Å²) in [7, 11) is 2.01. The SMILES string of the molecule is Cn1cc(Br)nc1CCc1ccc2ccccc2n1. The molecule has 0 radical (unpaired) electrons. The third-order valence-corrected chi connectivity index (χ3v) is 3.59. The first-order chi connectivity index (χ1) is 9.22. The number of pyridine rings is 1. The first-order valence-electron chi connectivity index (χ1n) is 6.25. The van der Waals surface area contributed by atoms with Gasteiger partial charge in [-0.2, -0.15) is 0 Å². The van der Waals surface area contributed by atoms with E-state index in [-0.39, 0.29) is 0 Å². The number of fused-ring (bicyclic) bond motifs is 1. The second-order valence-corrected chi connectivity index (χ2v) is 5.40. The molecule has 3 rings (SSSR count). The minimum absolute atomic E-state index is 0.886. The lowest BCUT2D eigenvalue weighted by Crippen LogP contribution is -2.01. The van der Waals surface area contributed by atoms with Gasteiger partial charge in [0.1, 0.15) is 10.4 Å². The summed E-state index contributed by atoms with van der Waals surface area (Å²) in [5.74, 6) is 1.07. The van der Waals surface area contributed by atoms with Gasteiger partial charge in [-0.3, -0.25) is 4.98 Å². The van der Waals surface area contributed by atoms with Crippen molar-refractivity contribution in [3.63, 3.8) is 0 Å². The number of rotatable bonds is 3. The molecule has 0 aliphatic rings. The molecule has 0 bridgehead atoms. The van der Waals surface area contributed by atoms with E-state index in [9.17, 15) is 0 Å². The van der Waals surface area contributed by atoms with Crippen molar-refractivity contribution in [2.75, 3.05) is 0 Å². The van der Waals surface area contributed by atoms with E-state index in [0.29, 0.717) is 0 Å². The van der Waals surface area contributed by atoms with Crippen LogP contribution >= 0.6 is 15.9 Å². The highest BCUT2D eigenvalue weighted by atomic mass is 79.9. The lowest BCUT2D eigenvalue weighted by Gasteiger charge is -2.03. The summed E-state index contributed by atoms with van der Waals surface area (Å²) in [4.78, 5) is 9.12. The van der Waals surface area contributed by atoms with E-state index in [1.54, 1.807) is 0 Å². The van der Waals surface area contributed by atoms with Crippen molar-refractivity contribution >= 4 is 26.8 Å². The number of para-hydroxylation sites is 1. The summed E-state index contributed by atoms with van der Waals surface area (Å²) in [6.07, 6.45) is 3.78. The number of halogens is 1. The van der Waals surface area contributed by atoms with Crippen molar-refractivity contribution in [1.29, 1.82) is 0 Å². The quantitative estimate of drug-likeness (QED) is 0.740. The fraction of sp³-hybridized carbons (Fsp3) is 0.200. The Bertz CT molecular complexity index is 718. The van der Waals surface area contributed by atoms with E-state index in [1.807, 2.05) is 29.9 Å². The molecule has 0 aliphatic carbocycles. The maximum absolute atomic E-state index is 4.68. The number of aromatic nitrogens is 3. The molecule has 19 heavy (non-hydrogen) atoms. The monoisotopic (exact) mass is 315 g/mol. The van der Waals surface area contributed by atoms with Gasteiger partial charge in [0.15, 0.2) is 0 Å². The Morgan fingerprint density at radius 2 is 1.89 bits per heavy atom. The molecule has 0 N–H and O–H groups in total. The normalized spacial score (nSPS) is 11.1. The van der Waals surface area contributed by atoms with Gasteiger partial charge in [-0.1, -0.05) is 24.3 Å². The average Bonchev–Trinajstić information content (AvgIpc) is 2.74. The Morgan fingerprint density at radius 3 is 2.68 bits per heavy atom. The molecule has 2 aromatic heterocycles. The van der Waals surface area contributed by atoms with E-state index in [2.05, 4.69) is 50.2 Å². The zero-order chi connectivity index (χ0) is 13.2. The predicted molar refractivity (Wildman–Crippen MR) is 80.1 cm³/mol. The van der Waals surface area contributed by atoms with Crippen molar-refractivity contribution in [3.05, 3.63) is 58.7 Å². The Morgan fingerprint density at radius 1 is 1.05 bits per heavy atom. The molecule has 0 aliphatic heterocycles. The number of hydrogen-bond acceptors (Lipinski definition) is 2. The van der Waals surface area contributed by atoms with Crippen LogP contribution in [0.2, 0.25) is 0 Å². The van der Waals surface area contributed by atoms with Gasteiger partial charge in [0.05, 0.1) is 5.52 Å². The fourth-order valence-electron chi connectivity index (χ4n) is 2.18. The van der Waals surface area contributed by atoms with Crippen molar-refractivity contribution in [1.82, 2.24) is 14.5 Å². The van der Waals surface area contributed by atoms with Gasteiger partial charge in [0.25, 0.3) is 0 Å². The van der Waals surface area contributed by atoms with E-state index >= 15 is 0 Å². The molecule has 4 heteroatoms. The van der Waals surface area contributed by atoms with Gasteiger partial charge in [-0.05, 0) is 34.5 Å². The van der Waals surface area contributed by atoms with Crippen LogP contribution in [0, 0.1) is 0 Å². The predicted octanol–water partition coefficient (Wildman–Crippen LogP) is 3.52. The molecule has 0 unspecified atom stereocenters. The van der Waals surface area contributed by atoms with Crippen LogP contribution in [0.1, 0.15) is 11.5 Å². The Balaban J connectivity index is 1.80. The van der Waals surface area contributed by atoms with Crippen LogP contribution in [0.4, 0.5) is 0 Å². The van der Waals surface area contributed by atoms with Crippen LogP contribution < -0.4 is 0 Å². The van der Waals surface area contributed by atoms with Crippen molar-refractivity contribution in [3.8, 4) is 0 Å². The van der Waals surface area contributed by atoms with Gasteiger partial charge in [0.2, 0.25) is 0 Å². The topological polar surface area (TPSA) is 30.7 Å². The van der Waals surface area contributed by atoms with E-state index < -0.39 is 0 Å². The summed E-state index contributed by atoms with van der Waals surface area (Å²) >= 11 is 3.39. The Kier molecular flexibility index (Phi) is 3.34. The van der Waals surface area contributed by atoms with Gasteiger partial charge < -0.3 is 4.57 Å². The van der Waals surface area contributed by atoms with Gasteiger partial charge in [0, 0.05) is 30.7 Å². The molecule has 0 saturated carbocycles. The van der Waals surface area contributed by atoms with Crippen LogP contribution in [-0.4, -0.2) is 14.5 Å².